The maximum Gasteiger partial charge on any atom is 0.119 e. The molecule has 0 bridgehead atoms. The predicted molar refractivity (Wildman–Crippen MR) is 93.3 cm³/mol. The average molecular weight is 307 g/mol. The molecular weight excluding hydrogens is 286 g/mol. The molecule has 118 valence electrons. The van der Waals surface area contributed by atoms with Gasteiger partial charge in [0.05, 0.1) is 18.4 Å². The van der Waals surface area contributed by atoms with E-state index in [0.29, 0.717) is 0 Å². The lowest BCUT2D eigenvalue weighted by molar-refractivity contribution is 0.415. The van der Waals surface area contributed by atoms with Crippen LogP contribution in [-0.4, -0.2) is 33.3 Å². The van der Waals surface area contributed by atoms with E-state index in [1.165, 1.54) is 11.3 Å². The highest BCUT2D eigenvalue weighted by molar-refractivity contribution is 5.62. The van der Waals surface area contributed by atoms with Crippen LogP contribution in [0.2, 0.25) is 0 Å². The minimum atomic E-state index is 0.758. The third kappa shape index (κ3) is 3.24. The van der Waals surface area contributed by atoms with Gasteiger partial charge in [0.25, 0.3) is 0 Å². The molecule has 0 unspecified atom stereocenters. The van der Waals surface area contributed by atoms with Gasteiger partial charge in [-0.1, -0.05) is 6.07 Å². The zero-order chi connectivity index (χ0) is 16.2. The van der Waals surface area contributed by atoms with Crippen molar-refractivity contribution in [2.45, 2.75) is 6.92 Å². The van der Waals surface area contributed by atoms with Gasteiger partial charge in [0, 0.05) is 31.9 Å². The molecule has 3 rings (SSSR count). The average Bonchev–Trinajstić information content (AvgIpc) is 2.62. The highest BCUT2D eigenvalue weighted by Gasteiger charge is 2.19. The quantitative estimate of drug-likeness (QED) is 0.873. The maximum absolute atomic E-state index is 9.32. The molecule has 4 heteroatoms. The van der Waals surface area contributed by atoms with Gasteiger partial charge >= 0.3 is 0 Å². The van der Waals surface area contributed by atoms with Gasteiger partial charge < -0.3 is 14.5 Å². The molecule has 0 atom stereocenters. The van der Waals surface area contributed by atoms with E-state index < -0.39 is 0 Å². The Kier molecular flexibility index (Phi) is 4.38. The van der Waals surface area contributed by atoms with Crippen molar-refractivity contribution >= 4 is 11.4 Å². The van der Waals surface area contributed by atoms with Crippen molar-refractivity contribution in [1.82, 2.24) is 0 Å². The van der Waals surface area contributed by atoms with Crippen LogP contribution < -0.4 is 14.5 Å². The van der Waals surface area contributed by atoms with Crippen LogP contribution in [0, 0.1) is 18.3 Å². The second-order valence-corrected chi connectivity index (χ2v) is 5.80. The van der Waals surface area contributed by atoms with Crippen LogP contribution in [0.4, 0.5) is 11.4 Å². The zero-order valence-electron chi connectivity index (χ0n) is 13.6. The summed E-state index contributed by atoms with van der Waals surface area (Å²) in [5.74, 6) is 0.880. The highest BCUT2D eigenvalue weighted by atomic mass is 16.5. The molecule has 1 aliphatic heterocycles. The van der Waals surface area contributed by atoms with Crippen molar-refractivity contribution in [3.63, 3.8) is 0 Å². The molecule has 1 heterocycles. The first-order chi connectivity index (χ1) is 11.2. The minimum Gasteiger partial charge on any atom is -0.497 e. The van der Waals surface area contributed by atoms with Crippen molar-refractivity contribution < 1.29 is 4.74 Å². The van der Waals surface area contributed by atoms with Crippen LogP contribution in [0.1, 0.15) is 11.1 Å². The monoisotopic (exact) mass is 307 g/mol. The van der Waals surface area contributed by atoms with Crippen LogP contribution in [0.5, 0.6) is 5.75 Å². The van der Waals surface area contributed by atoms with E-state index in [2.05, 4.69) is 41.0 Å². The lowest BCUT2D eigenvalue weighted by Gasteiger charge is -2.37. The number of anilines is 2. The fourth-order valence-electron chi connectivity index (χ4n) is 3.00. The first kappa shape index (κ1) is 15.2. The Bertz CT molecular complexity index is 710. The van der Waals surface area contributed by atoms with Gasteiger partial charge in [0.1, 0.15) is 11.8 Å². The van der Waals surface area contributed by atoms with Crippen LogP contribution in [-0.2, 0) is 0 Å². The molecular formula is C19H21N3O. The molecule has 1 aliphatic rings. The Labute approximate surface area is 137 Å². The number of aryl methyl sites for hydroxylation is 1. The molecule has 1 fully saturated rings. The van der Waals surface area contributed by atoms with Gasteiger partial charge in [0.2, 0.25) is 0 Å². The summed E-state index contributed by atoms with van der Waals surface area (Å²) >= 11 is 0. The summed E-state index contributed by atoms with van der Waals surface area (Å²) in [5.41, 5.74) is 4.22. The fraction of sp³-hybridized carbons (Fsp3) is 0.316. The number of benzene rings is 2. The number of rotatable bonds is 3. The van der Waals surface area contributed by atoms with Crippen molar-refractivity contribution in [3.8, 4) is 11.8 Å². The molecule has 0 amide bonds. The summed E-state index contributed by atoms with van der Waals surface area (Å²) in [7, 11) is 1.68. The number of methoxy groups -OCH3 is 1. The second kappa shape index (κ2) is 6.62. The van der Waals surface area contributed by atoms with E-state index in [9.17, 15) is 5.26 Å². The highest BCUT2D eigenvalue weighted by Crippen LogP contribution is 2.25. The molecule has 0 aliphatic carbocycles. The smallest absolute Gasteiger partial charge is 0.119 e. The number of nitrogens with zero attached hydrogens (tertiary/aromatic N) is 3. The Morgan fingerprint density at radius 1 is 0.957 bits per heavy atom. The van der Waals surface area contributed by atoms with Crippen molar-refractivity contribution in [2.24, 2.45) is 0 Å². The second-order valence-electron chi connectivity index (χ2n) is 5.80. The van der Waals surface area contributed by atoms with Crippen LogP contribution >= 0.6 is 0 Å². The zero-order valence-corrected chi connectivity index (χ0v) is 13.6. The number of piperazine rings is 1. The topological polar surface area (TPSA) is 39.5 Å². The summed E-state index contributed by atoms with van der Waals surface area (Å²) in [5, 5.41) is 9.32. The van der Waals surface area contributed by atoms with E-state index >= 15 is 0 Å². The number of nitriles is 1. The van der Waals surface area contributed by atoms with Gasteiger partial charge in [0.15, 0.2) is 0 Å². The molecule has 0 saturated carbocycles. The number of ether oxygens (including phenoxy) is 1. The Hall–Kier alpha value is -2.67. The minimum absolute atomic E-state index is 0.758. The molecule has 2 aromatic carbocycles. The molecule has 4 nitrogen and oxygen atoms in total. The molecule has 1 saturated heterocycles. The van der Waals surface area contributed by atoms with Gasteiger partial charge in [-0.05, 0) is 48.9 Å². The third-order valence-corrected chi connectivity index (χ3v) is 4.33. The van der Waals surface area contributed by atoms with Gasteiger partial charge in [-0.3, -0.25) is 0 Å². The van der Waals surface area contributed by atoms with E-state index in [0.717, 1.165) is 43.2 Å². The van der Waals surface area contributed by atoms with Crippen molar-refractivity contribution in [1.29, 1.82) is 5.26 Å². The van der Waals surface area contributed by atoms with Crippen molar-refractivity contribution in [3.05, 3.63) is 53.6 Å². The summed E-state index contributed by atoms with van der Waals surface area (Å²) in [4.78, 5) is 4.68. The Balaban J connectivity index is 1.71. The van der Waals surface area contributed by atoms with E-state index in [1.807, 2.05) is 24.3 Å². The van der Waals surface area contributed by atoms with Crippen LogP contribution in [0.3, 0.4) is 0 Å². The van der Waals surface area contributed by atoms with E-state index in [1.54, 1.807) is 7.11 Å². The lowest BCUT2D eigenvalue weighted by Crippen LogP contribution is -2.46. The van der Waals surface area contributed by atoms with E-state index in [4.69, 9.17) is 4.74 Å². The first-order valence-electron chi connectivity index (χ1n) is 7.86. The van der Waals surface area contributed by atoms with Gasteiger partial charge in [-0.25, -0.2) is 0 Å². The fourth-order valence-corrected chi connectivity index (χ4v) is 3.00. The van der Waals surface area contributed by atoms with Gasteiger partial charge in [-0.15, -0.1) is 0 Å². The summed E-state index contributed by atoms with van der Waals surface area (Å²) < 4.78 is 5.21. The molecule has 23 heavy (non-hydrogen) atoms. The first-order valence-corrected chi connectivity index (χ1v) is 7.86. The number of hydrogen-bond acceptors (Lipinski definition) is 4. The SMILES string of the molecule is COc1ccc(N2CCN(c3cc(C)ccc3C#N)CC2)cc1. The summed E-state index contributed by atoms with van der Waals surface area (Å²) in [6, 6.07) is 16.5. The normalized spacial score (nSPS) is 14.5. The maximum atomic E-state index is 9.32. The molecule has 0 aromatic heterocycles. The summed E-state index contributed by atoms with van der Waals surface area (Å²) in [6.45, 7) is 5.81. The van der Waals surface area contributed by atoms with Crippen LogP contribution in [0.15, 0.2) is 42.5 Å². The van der Waals surface area contributed by atoms with Crippen LogP contribution in [0.25, 0.3) is 0 Å². The number of hydrogen-bond donors (Lipinski definition) is 0. The third-order valence-electron chi connectivity index (χ3n) is 4.33. The largest absolute Gasteiger partial charge is 0.497 e. The molecule has 0 radical (unpaired) electrons. The standard InChI is InChI=1S/C19H21N3O/c1-15-3-4-16(14-20)19(13-15)22-11-9-21(10-12-22)17-5-7-18(23-2)8-6-17/h3-8,13H,9-12H2,1-2H3. The van der Waals surface area contributed by atoms with E-state index in [-0.39, 0.29) is 0 Å². The summed E-state index contributed by atoms with van der Waals surface area (Å²) in [6.07, 6.45) is 0. The Morgan fingerprint density at radius 3 is 2.22 bits per heavy atom. The molecule has 2 aromatic rings. The lowest BCUT2D eigenvalue weighted by atomic mass is 10.1. The van der Waals surface area contributed by atoms with Crippen molar-refractivity contribution in [2.75, 3.05) is 43.1 Å². The predicted octanol–water partition coefficient (Wildman–Crippen LogP) is 3.20. The molecule has 0 spiro atoms. The Morgan fingerprint density at radius 2 is 1.61 bits per heavy atom. The molecule has 0 N–H and O–H groups in total. The van der Waals surface area contributed by atoms with Gasteiger partial charge in [-0.2, -0.15) is 5.26 Å².